The molecule has 2 aromatic rings. The van der Waals surface area contributed by atoms with Crippen molar-refractivity contribution in [2.45, 2.75) is 26.1 Å². The molecule has 0 bridgehead atoms. The van der Waals surface area contributed by atoms with Crippen molar-refractivity contribution in [3.8, 4) is 0 Å². The number of nitrogens with zero attached hydrogens (tertiary/aromatic N) is 3. The van der Waals surface area contributed by atoms with E-state index in [1.165, 1.54) is 17.2 Å². The lowest BCUT2D eigenvalue weighted by molar-refractivity contribution is -0.117. The van der Waals surface area contributed by atoms with Gasteiger partial charge in [0.2, 0.25) is 0 Å². The Bertz CT molecular complexity index is 745. The third-order valence-electron chi connectivity index (χ3n) is 4.89. The van der Waals surface area contributed by atoms with Crippen molar-refractivity contribution < 1.29 is 9.23 Å². The Labute approximate surface area is 172 Å². The van der Waals surface area contributed by atoms with Crippen molar-refractivity contribution in [2.24, 2.45) is 0 Å². The van der Waals surface area contributed by atoms with E-state index in [-0.39, 0.29) is 5.82 Å². The molecule has 0 N–H and O–H groups in total. The molecule has 0 radical (unpaired) electrons. The zero-order chi connectivity index (χ0) is 19.9. The summed E-state index contributed by atoms with van der Waals surface area (Å²) in [6.45, 7) is 5.54. The molecule has 1 fully saturated rings. The van der Waals surface area contributed by atoms with E-state index in [2.05, 4.69) is 34.1 Å². The van der Waals surface area contributed by atoms with Crippen LogP contribution in [0, 0.1) is 5.82 Å². The van der Waals surface area contributed by atoms with Gasteiger partial charge in [-0.25, -0.2) is 4.39 Å². The Morgan fingerprint density at radius 3 is 2.57 bits per heavy atom. The van der Waals surface area contributed by atoms with Crippen LogP contribution in [0.1, 0.15) is 23.1 Å². The smallest absolute Gasteiger partial charge is 0.129 e. The first-order valence-corrected chi connectivity index (χ1v) is 10.1. The van der Waals surface area contributed by atoms with Crippen LogP contribution in [-0.4, -0.2) is 55.2 Å². The maximum atomic E-state index is 14.3. The molecule has 1 saturated heterocycles. The van der Waals surface area contributed by atoms with Crippen LogP contribution in [0.15, 0.2) is 42.5 Å². The third kappa shape index (κ3) is 6.26. The number of halogens is 2. The predicted octanol–water partition coefficient (Wildman–Crippen LogP) is 4.18. The number of hydroxylamine groups is 2. The molecule has 0 aromatic heterocycles. The molecule has 6 heteroatoms. The molecule has 2 aromatic carbocycles. The Balaban J connectivity index is 1.71. The number of rotatable bonds is 9. The fourth-order valence-corrected chi connectivity index (χ4v) is 3.60. The lowest BCUT2D eigenvalue weighted by atomic mass is 10.1. The summed E-state index contributed by atoms with van der Waals surface area (Å²) in [7, 11) is 4.09. The summed E-state index contributed by atoms with van der Waals surface area (Å²) >= 11 is 6.26. The van der Waals surface area contributed by atoms with Gasteiger partial charge in [0, 0.05) is 49.9 Å². The SMILES string of the molecule is CN(C)CCN(Cc1cccc(CN2CCCO2)c1)Cc1c(F)cccc1Cl. The van der Waals surface area contributed by atoms with E-state index in [0.29, 0.717) is 17.1 Å². The van der Waals surface area contributed by atoms with Crippen LogP contribution < -0.4 is 0 Å². The van der Waals surface area contributed by atoms with Crippen LogP contribution in [0.3, 0.4) is 0 Å². The molecule has 1 heterocycles. The van der Waals surface area contributed by atoms with Crippen LogP contribution in [0.25, 0.3) is 0 Å². The molecule has 28 heavy (non-hydrogen) atoms. The average molecular weight is 406 g/mol. The summed E-state index contributed by atoms with van der Waals surface area (Å²) in [4.78, 5) is 9.99. The Hall–Kier alpha value is -1.50. The quantitative estimate of drug-likeness (QED) is 0.622. The van der Waals surface area contributed by atoms with Crippen LogP contribution >= 0.6 is 11.6 Å². The third-order valence-corrected chi connectivity index (χ3v) is 5.24. The minimum atomic E-state index is -0.248. The van der Waals surface area contributed by atoms with Gasteiger partial charge in [-0.1, -0.05) is 41.9 Å². The molecular weight excluding hydrogens is 377 g/mol. The fraction of sp³-hybridized carbons (Fsp3) is 0.455. The van der Waals surface area contributed by atoms with Crippen LogP contribution in [0.2, 0.25) is 5.02 Å². The second-order valence-corrected chi connectivity index (χ2v) is 7.99. The van der Waals surface area contributed by atoms with Gasteiger partial charge in [0.25, 0.3) is 0 Å². The zero-order valence-corrected chi connectivity index (χ0v) is 17.5. The normalized spacial score (nSPS) is 15.1. The van der Waals surface area contributed by atoms with E-state index >= 15 is 0 Å². The summed E-state index contributed by atoms with van der Waals surface area (Å²) in [5.74, 6) is -0.248. The fourth-order valence-electron chi connectivity index (χ4n) is 3.37. The molecule has 0 saturated carbocycles. The molecule has 0 atom stereocenters. The van der Waals surface area contributed by atoms with Crippen LogP contribution in [0.5, 0.6) is 0 Å². The minimum absolute atomic E-state index is 0.248. The lowest BCUT2D eigenvalue weighted by Gasteiger charge is -2.25. The molecule has 1 aliphatic rings. The Morgan fingerprint density at radius 2 is 1.86 bits per heavy atom. The van der Waals surface area contributed by atoms with Gasteiger partial charge in [-0.15, -0.1) is 0 Å². The van der Waals surface area contributed by atoms with Gasteiger partial charge >= 0.3 is 0 Å². The predicted molar refractivity (Wildman–Crippen MR) is 111 cm³/mol. The molecule has 0 aliphatic carbocycles. The number of benzene rings is 2. The van der Waals surface area contributed by atoms with Crippen molar-refractivity contribution in [1.82, 2.24) is 14.9 Å². The number of hydrogen-bond acceptors (Lipinski definition) is 4. The van der Waals surface area contributed by atoms with Gasteiger partial charge in [0.15, 0.2) is 0 Å². The molecule has 4 nitrogen and oxygen atoms in total. The van der Waals surface area contributed by atoms with Gasteiger partial charge in [-0.3, -0.25) is 9.74 Å². The van der Waals surface area contributed by atoms with Gasteiger partial charge in [-0.2, -0.15) is 5.06 Å². The van der Waals surface area contributed by atoms with E-state index in [1.54, 1.807) is 12.1 Å². The lowest BCUT2D eigenvalue weighted by Crippen LogP contribution is -2.31. The van der Waals surface area contributed by atoms with Crippen LogP contribution in [0.4, 0.5) is 4.39 Å². The minimum Gasteiger partial charge on any atom is -0.308 e. The van der Waals surface area contributed by atoms with Gasteiger partial charge in [0.1, 0.15) is 5.82 Å². The summed E-state index contributed by atoms with van der Waals surface area (Å²) in [6, 6.07) is 13.4. The van der Waals surface area contributed by atoms with Gasteiger partial charge < -0.3 is 4.90 Å². The number of likely N-dealkylation sites (N-methyl/N-ethyl adjacent to an activating group) is 1. The van der Waals surface area contributed by atoms with Crippen molar-refractivity contribution >= 4 is 11.6 Å². The molecule has 1 aliphatic heterocycles. The maximum Gasteiger partial charge on any atom is 0.129 e. The zero-order valence-electron chi connectivity index (χ0n) is 16.7. The largest absolute Gasteiger partial charge is 0.308 e. The molecule has 0 unspecified atom stereocenters. The number of hydrogen-bond donors (Lipinski definition) is 0. The maximum absolute atomic E-state index is 14.3. The van der Waals surface area contributed by atoms with Crippen molar-refractivity contribution in [1.29, 1.82) is 0 Å². The highest BCUT2D eigenvalue weighted by molar-refractivity contribution is 6.31. The van der Waals surface area contributed by atoms with E-state index in [0.717, 1.165) is 45.8 Å². The van der Waals surface area contributed by atoms with E-state index in [4.69, 9.17) is 16.4 Å². The summed E-state index contributed by atoms with van der Waals surface area (Å²) < 4.78 is 14.3. The van der Waals surface area contributed by atoms with Crippen molar-refractivity contribution in [3.05, 3.63) is 70.0 Å². The molecule has 0 spiro atoms. The molecule has 0 amide bonds. The Kier molecular flexibility index (Phi) is 7.82. The second-order valence-electron chi connectivity index (χ2n) is 7.58. The average Bonchev–Trinajstić information content (AvgIpc) is 3.16. The molecule has 152 valence electrons. The highest BCUT2D eigenvalue weighted by Crippen LogP contribution is 2.22. The monoisotopic (exact) mass is 405 g/mol. The first-order valence-electron chi connectivity index (χ1n) is 9.77. The first-order chi connectivity index (χ1) is 13.5. The Morgan fingerprint density at radius 1 is 1.07 bits per heavy atom. The first kappa shape index (κ1) is 21.2. The van der Waals surface area contributed by atoms with Gasteiger partial charge in [-0.05, 0) is 43.8 Å². The summed E-state index contributed by atoms with van der Waals surface area (Å²) in [5, 5.41) is 2.50. The summed E-state index contributed by atoms with van der Waals surface area (Å²) in [5.41, 5.74) is 3.00. The van der Waals surface area contributed by atoms with Crippen molar-refractivity contribution in [3.63, 3.8) is 0 Å². The topological polar surface area (TPSA) is 19.0 Å². The van der Waals surface area contributed by atoms with Gasteiger partial charge in [0.05, 0.1) is 6.61 Å². The second kappa shape index (κ2) is 10.3. The molecular formula is C22H29ClFN3O. The highest BCUT2D eigenvalue weighted by atomic mass is 35.5. The molecule has 3 rings (SSSR count). The van der Waals surface area contributed by atoms with E-state index < -0.39 is 0 Å². The summed E-state index contributed by atoms with van der Waals surface area (Å²) in [6.07, 6.45) is 1.08. The highest BCUT2D eigenvalue weighted by Gasteiger charge is 2.15. The van der Waals surface area contributed by atoms with Crippen LogP contribution in [-0.2, 0) is 24.5 Å². The van der Waals surface area contributed by atoms with Crippen molar-refractivity contribution in [2.75, 3.05) is 40.3 Å². The van der Waals surface area contributed by atoms with E-state index in [9.17, 15) is 4.39 Å². The van der Waals surface area contributed by atoms with E-state index in [1.807, 2.05) is 19.2 Å². The standard InChI is InChI=1S/C22H29ClFN3O/c1-25(2)11-12-26(17-20-21(23)8-4-9-22(20)24)15-18-6-3-7-19(14-18)16-27-10-5-13-28-27/h3-4,6-9,14H,5,10-13,15-17H2,1-2H3.